The zero-order chi connectivity index (χ0) is 11.0. The second-order valence-corrected chi connectivity index (χ2v) is 4.72. The van der Waals surface area contributed by atoms with Crippen molar-refractivity contribution in [2.45, 2.75) is 18.9 Å². The van der Waals surface area contributed by atoms with E-state index in [1.165, 1.54) is 0 Å². The highest BCUT2D eigenvalue weighted by atomic mass is 79.9. The molecule has 1 N–H and O–H groups in total. The molecule has 1 fully saturated rings. The van der Waals surface area contributed by atoms with Crippen LogP contribution in [0.2, 0.25) is 0 Å². The van der Waals surface area contributed by atoms with Crippen LogP contribution in [0.1, 0.15) is 23.2 Å². The molecule has 1 aromatic rings. The Hall–Kier alpha value is -1.03. The van der Waals surface area contributed by atoms with Gasteiger partial charge in [-0.3, -0.25) is 0 Å². The monoisotopic (exact) mass is 269 g/mol. The fraction of sp³-hybridized carbons (Fsp3) is 0.364. The van der Waals surface area contributed by atoms with Gasteiger partial charge in [0.25, 0.3) is 0 Å². The lowest BCUT2D eigenvalue weighted by atomic mass is 10.1. The number of hydrogen-bond acceptors (Lipinski definition) is 2. The van der Waals surface area contributed by atoms with Crippen molar-refractivity contribution >= 4 is 27.6 Å². The maximum absolute atomic E-state index is 11.0. The lowest BCUT2D eigenvalue weighted by molar-refractivity contribution is 0.0697. The van der Waals surface area contributed by atoms with Gasteiger partial charge in [0.05, 0.1) is 11.3 Å². The Balaban J connectivity index is 2.41. The van der Waals surface area contributed by atoms with Crippen molar-refractivity contribution in [1.29, 1.82) is 0 Å². The number of rotatable bonds is 3. The summed E-state index contributed by atoms with van der Waals surface area (Å²) in [6.45, 7) is 0. The molecule has 0 radical (unpaired) electrons. The fourth-order valence-electron chi connectivity index (χ4n) is 1.64. The third-order valence-electron chi connectivity index (χ3n) is 2.66. The summed E-state index contributed by atoms with van der Waals surface area (Å²) in [7, 11) is 1.95. The first-order valence-corrected chi connectivity index (χ1v) is 5.64. The molecular formula is C11H12BrNO2. The zero-order valence-electron chi connectivity index (χ0n) is 8.40. The number of carboxylic acid groups (broad SMARTS) is 1. The second kappa shape index (κ2) is 3.85. The summed E-state index contributed by atoms with van der Waals surface area (Å²) < 4.78 is 0.912. The smallest absolute Gasteiger partial charge is 0.337 e. The average Bonchev–Trinajstić information content (AvgIpc) is 2.99. The van der Waals surface area contributed by atoms with Gasteiger partial charge >= 0.3 is 5.97 Å². The van der Waals surface area contributed by atoms with Crippen LogP contribution < -0.4 is 4.90 Å². The van der Waals surface area contributed by atoms with Crippen molar-refractivity contribution in [3.8, 4) is 0 Å². The molecule has 0 aliphatic heterocycles. The Morgan fingerprint density at radius 2 is 2.20 bits per heavy atom. The van der Waals surface area contributed by atoms with E-state index in [9.17, 15) is 4.79 Å². The van der Waals surface area contributed by atoms with E-state index in [-0.39, 0.29) is 0 Å². The lowest BCUT2D eigenvalue weighted by Crippen LogP contribution is -2.22. The molecule has 0 atom stereocenters. The Morgan fingerprint density at radius 3 is 2.73 bits per heavy atom. The maximum Gasteiger partial charge on any atom is 0.337 e. The summed E-state index contributed by atoms with van der Waals surface area (Å²) in [5.41, 5.74) is 1.16. The largest absolute Gasteiger partial charge is 0.478 e. The van der Waals surface area contributed by atoms with Gasteiger partial charge in [-0.1, -0.05) is 15.9 Å². The van der Waals surface area contributed by atoms with E-state index in [1.807, 2.05) is 18.0 Å². The SMILES string of the molecule is CN(c1cc(Br)ccc1C(=O)O)C1CC1. The maximum atomic E-state index is 11.0. The van der Waals surface area contributed by atoms with Crippen LogP contribution in [0.4, 0.5) is 5.69 Å². The summed E-state index contributed by atoms with van der Waals surface area (Å²) >= 11 is 3.36. The standard InChI is InChI=1S/C11H12BrNO2/c1-13(8-3-4-8)10-6-7(12)2-5-9(10)11(14)15/h2,5-6,8H,3-4H2,1H3,(H,14,15). The van der Waals surface area contributed by atoms with Gasteiger partial charge < -0.3 is 10.0 Å². The molecule has 80 valence electrons. The number of aromatic carboxylic acids is 1. The normalized spacial score (nSPS) is 15.1. The lowest BCUT2D eigenvalue weighted by Gasteiger charge is -2.20. The Morgan fingerprint density at radius 1 is 1.53 bits per heavy atom. The van der Waals surface area contributed by atoms with Gasteiger partial charge in [-0.05, 0) is 31.0 Å². The molecule has 2 rings (SSSR count). The van der Waals surface area contributed by atoms with Crippen LogP contribution in [0.25, 0.3) is 0 Å². The van der Waals surface area contributed by atoms with E-state index in [0.29, 0.717) is 11.6 Å². The molecule has 15 heavy (non-hydrogen) atoms. The Labute approximate surface area is 96.8 Å². The quantitative estimate of drug-likeness (QED) is 0.918. The van der Waals surface area contributed by atoms with Crippen LogP contribution in [0.3, 0.4) is 0 Å². The number of carbonyl (C=O) groups is 1. The summed E-state index contributed by atoms with van der Waals surface area (Å²) in [5.74, 6) is -0.870. The van der Waals surface area contributed by atoms with Crippen molar-refractivity contribution in [2.75, 3.05) is 11.9 Å². The van der Waals surface area contributed by atoms with Crippen LogP contribution in [-0.2, 0) is 0 Å². The van der Waals surface area contributed by atoms with E-state index in [4.69, 9.17) is 5.11 Å². The number of carboxylic acids is 1. The topological polar surface area (TPSA) is 40.5 Å². The minimum Gasteiger partial charge on any atom is -0.478 e. The first-order chi connectivity index (χ1) is 7.09. The molecule has 0 heterocycles. The molecule has 0 aromatic heterocycles. The van der Waals surface area contributed by atoms with E-state index in [1.54, 1.807) is 12.1 Å². The second-order valence-electron chi connectivity index (χ2n) is 3.81. The zero-order valence-corrected chi connectivity index (χ0v) is 9.99. The van der Waals surface area contributed by atoms with E-state index in [2.05, 4.69) is 15.9 Å². The molecule has 1 aromatic carbocycles. The van der Waals surface area contributed by atoms with Crippen LogP contribution >= 0.6 is 15.9 Å². The van der Waals surface area contributed by atoms with Crippen molar-refractivity contribution < 1.29 is 9.90 Å². The Bertz CT molecular complexity index is 402. The molecule has 0 bridgehead atoms. The van der Waals surface area contributed by atoms with Gasteiger partial charge in [0.2, 0.25) is 0 Å². The molecule has 4 heteroatoms. The van der Waals surface area contributed by atoms with Crippen molar-refractivity contribution in [3.63, 3.8) is 0 Å². The number of halogens is 1. The summed E-state index contributed by atoms with van der Waals surface area (Å²) in [6, 6.07) is 5.77. The number of benzene rings is 1. The average molecular weight is 270 g/mol. The minimum absolute atomic E-state index is 0.368. The van der Waals surface area contributed by atoms with E-state index < -0.39 is 5.97 Å². The van der Waals surface area contributed by atoms with Gasteiger partial charge in [-0.15, -0.1) is 0 Å². The van der Waals surface area contributed by atoms with Crippen molar-refractivity contribution in [2.24, 2.45) is 0 Å². The first-order valence-electron chi connectivity index (χ1n) is 4.85. The molecule has 1 aliphatic carbocycles. The van der Waals surface area contributed by atoms with Crippen LogP contribution in [-0.4, -0.2) is 24.2 Å². The summed E-state index contributed by atoms with van der Waals surface area (Å²) in [6.07, 6.45) is 2.31. The van der Waals surface area contributed by atoms with Gasteiger partial charge in [0.1, 0.15) is 0 Å². The van der Waals surface area contributed by atoms with Gasteiger partial charge in [-0.25, -0.2) is 4.79 Å². The molecule has 1 saturated carbocycles. The highest BCUT2D eigenvalue weighted by Gasteiger charge is 2.28. The summed E-state index contributed by atoms with van der Waals surface area (Å²) in [5, 5.41) is 9.07. The minimum atomic E-state index is -0.870. The van der Waals surface area contributed by atoms with E-state index in [0.717, 1.165) is 23.0 Å². The number of hydrogen-bond donors (Lipinski definition) is 1. The predicted molar refractivity (Wildman–Crippen MR) is 62.5 cm³/mol. The molecular weight excluding hydrogens is 258 g/mol. The third-order valence-corrected chi connectivity index (χ3v) is 3.16. The third kappa shape index (κ3) is 2.15. The van der Waals surface area contributed by atoms with Gasteiger partial charge in [0.15, 0.2) is 0 Å². The highest BCUT2D eigenvalue weighted by molar-refractivity contribution is 9.10. The predicted octanol–water partition coefficient (Wildman–Crippen LogP) is 2.75. The fourth-order valence-corrected chi connectivity index (χ4v) is 1.98. The molecule has 0 amide bonds. The molecule has 1 aliphatic rings. The van der Waals surface area contributed by atoms with Crippen LogP contribution in [0.15, 0.2) is 22.7 Å². The molecule has 3 nitrogen and oxygen atoms in total. The molecule has 0 saturated heterocycles. The highest BCUT2D eigenvalue weighted by Crippen LogP contribution is 2.33. The first kappa shape index (κ1) is 10.5. The van der Waals surface area contributed by atoms with Crippen LogP contribution in [0, 0.1) is 0 Å². The number of anilines is 1. The van der Waals surface area contributed by atoms with Crippen LogP contribution in [0.5, 0.6) is 0 Å². The molecule has 0 unspecified atom stereocenters. The summed E-state index contributed by atoms with van der Waals surface area (Å²) in [4.78, 5) is 13.1. The number of nitrogens with zero attached hydrogens (tertiary/aromatic N) is 1. The van der Waals surface area contributed by atoms with Gasteiger partial charge in [-0.2, -0.15) is 0 Å². The Kier molecular flexibility index (Phi) is 2.69. The van der Waals surface area contributed by atoms with Gasteiger partial charge in [0, 0.05) is 17.6 Å². The van der Waals surface area contributed by atoms with Crippen molar-refractivity contribution in [3.05, 3.63) is 28.2 Å². The van der Waals surface area contributed by atoms with Crippen molar-refractivity contribution in [1.82, 2.24) is 0 Å². The molecule has 0 spiro atoms. The van der Waals surface area contributed by atoms with E-state index >= 15 is 0 Å².